The molecule has 0 aromatic heterocycles. The van der Waals surface area contributed by atoms with Gasteiger partial charge in [-0.2, -0.15) is 0 Å². The Morgan fingerprint density at radius 3 is 0.810 bits per heavy atom. The fourth-order valence-electron chi connectivity index (χ4n) is 8.20. The maximum absolute atomic E-state index is 12.8. The van der Waals surface area contributed by atoms with Crippen molar-refractivity contribution in [1.29, 1.82) is 0 Å². The van der Waals surface area contributed by atoms with Gasteiger partial charge >= 0.3 is 17.9 Å². The zero-order valence-electron chi connectivity index (χ0n) is 42.4. The molecule has 0 rings (SSSR count). The maximum atomic E-state index is 12.8. The number of unbranched alkanes of at least 4 members (excludes halogenated alkanes) is 36. The molecule has 6 nitrogen and oxygen atoms in total. The fraction of sp³-hybridized carbons (Fsp3) is 0.877. The molecule has 63 heavy (non-hydrogen) atoms. The van der Waals surface area contributed by atoms with Crippen LogP contribution in [-0.2, 0) is 28.6 Å². The van der Waals surface area contributed by atoms with Crippen molar-refractivity contribution in [2.24, 2.45) is 0 Å². The first-order valence-electron chi connectivity index (χ1n) is 27.8. The van der Waals surface area contributed by atoms with Crippen molar-refractivity contribution in [2.45, 2.75) is 309 Å². The molecule has 0 aromatic rings. The molecule has 0 spiro atoms. The Balaban J connectivity index is 4.32. The van der Waals surface area contributed by atoms with Gasteiger partial charge < -0.3 is 14.2 Å². The minimum absolute atomic E-state index is 0.0731. The number of allylic oxidation sites excluding steroid dienone is 4. The highest BCUT2D eigenvalue weighted by Gasteiger charge is 2.19. The molecular weight excluding hydrogens is 781 g/mol. The van der Waals surface area contributed by atoms with Crippen LogP contribution in [0.4, 0.5) is 0 Å². The van der Waals surface area contributed by atoms with Gasteiger partial charge in [-0.05, 0) is 70.6 Å². The standard InChI is InChI=1S/C57H106O6/c1-4-7-10-13-16-19-22-25-27-28-29-30-33-35-38-41-44-47-50-56(59)62-53-54(52-61-55(58)49-46-43-40-37-34-31-24-21-18-15-12-9-6-3)63-57(60)51-48-45-42-39-36-32-26-23-20-17-14-11-8-5-2/h21,23-24,26,54H,4-20,22,25,27-53H2,1-3H3/b24-21-,26-23-/t54-/m1/s1. The molecule has 6 heteroatoms. The van der Waals surface area contributed by atoms with Gasteiger partial charge in [-0.3, -0.25) is 14.4 Å². The first-order valence-corrected chi connectivity index (χ1v) is 27.8. The van der Waals surface area contributed by atoms with Crippen LogP contribution < -0.4 is 0 Å². The van der Waals surface area contributed by atoms with Crippen LogP contribution in [0.3, 0.4) is 0 Å². The number of rotatable bonds is 51. The molecule has 0 amide bonds. The van der Waals surface area contributed by atoms with Gasteiger partial charge in [0.15, 0.2) is 6.10 Å². The van der Waals surface area contributed by atoms with E-state index in [2.05, 4.69) is 45.1 Å². The predicted octanol–water partition coefficient (Wildman–Crippen LogP) is 18.3. The van der Waals surface area contributed by atoms with Gasteiger partial charge in [-0.15, -0.1) is 0 Å². The molecule has 1 atom stereocenters. The minimum atomic E-state index is -0.774. The molecule has 0 aliphatic heterocycles. The Hall–Kier alpha value is -2.11. The molecule has 0 saturated heterocycles. The average molecular weight is 887 g/mol. The van der Waals surface area contributed by atoms with Gasteiger partial charge in [0, 0.05) is 19.3 Å². The Morgan fingerprint density at radius 2 is 0.524 bits per heavy atom. The maximum Gasteiger partial charge on any atom is 0.306 e. The molecule has 0 aliphatic rings. The van der Waals surface area contributed by atoms with E-state index in [1.54, 1.807) is 0 Å². The number of carbonyl (C=O) groups is 3. The lowest BCUT2D eigenvalue weighted by molar-refractivity contribution is -0.167. The molecule has 0 unspecified atom stereocenters. The molecule has 0 fully saturated rings. The Morgan fingerprint density at radius 1 is 0.302 bits per heavy atom. The third kappa shape index (κ3) is 50.7. The van der Waals surface area contributed by atoms with E-state index in [0.717, 1.165) is 70.6 Å². The molecule has 0 radical (unpaired) electrons. The minimum Gasteiger partial charge on any atom is -0.462 e. The summed E-state index contributed by atoms with van der Waals surface area (Å²) in [5.41, 5.74) is 0. The van der Waals surface area contributed by atoms with Crippen LogP contribution in [0, 0.1) is 0 Å². The highest BCUT2D eigenvalue weighted by molar-refractivity contribution is 5.71. The zero-order chi connectivity index (χ0) is 45.8. The van der Waals surface area contributed by atoms with Crippen LogP contribution in [0.25, 0.3) is 0 Å². The topological polar surface area (TPSA) is 78.9 Å². The van der Waals surface area contributed by atoms with E-state index in [9.17, 15) is 14.4 Å². The van der Waals surface area contributed by atoms with Gasteiger partial charge in [0.05, 0.1) is 0 Å². The van der Waals surface area contributed by atoms with E-state index in [0.29, 0.717) is 19.3 Å². The van der Waals surface area contributed by atoms with Gasteiger partial charge in [-0.1, -0.05) is 238 Å². The smallest absolute Gasteiger partial charge is 0.306 e. The van der Waals surface area contributed by atoms with Crippen molar-refractivity contribution in [3.8, 4) is 0 Å². The molecule has 0 bridgehead atoms. The highest BCUT2D eigenvalue weighted by Crippen LogP contribution is 2.16. The van der Waals surface area contributed by atoms with Crippen molar-refractivity contribution in [3.05, 3.63) is 24.3 Å². The number of esters is 3. The number of ether oxygens (including phenoxy) is 3. The Kier molecular flexibility index (Phi) is 50.8. The van der Waals surface area contributed by atoms with E-state index < -0.39 is 6.10 Å². The monoisotopic (exact) mass is 887 g/mol. The van der Waals surface area contributed by atoms with Gasteiger partial charge in [0.25, 0.3) is 0 Å². The summed E-state index contributed by atoms with van der Waals surface area (Å²) in [5.74, 6) is -0.874. The zero-order valence-corrected chi connectivity index (χ0v) is 42.4. The van der Waals surface area contributed by atoms with Gasteiger partial charge in [0.1, 0.15) is 13.2 Å². The van der Waals surface area contributed by atoms with Crippen LogP contribution >= 0.6 is 0 Å². The Labute approximate surface area is 392 Å². The lowest BCUT2D eigenvalue weighted by atomic mass is 10.0. The predicted molar refractivity (Wildman–Crippen MR) is 270 cm³/mol. The molecule has 0 aromatic carbocycles. The second-order valence-electron chi connectivity index (χ2n) is 18.8. The quantitative estimate of drug-likeness (QED) is 0.0262. The first kappa shape index (κ1) is 60.9. The van der Waals surface area contributed by atoms with Crippen LogP contribution in [0.5, 0.6) is 0 Å². The summed E-state index contributed by atoms with van der Waals surface area (Å²) in [6.07, 6.45) is 60.2. The summed E-state index contributed by atoms with van der Waals surface area (Å²) in [4.78, 5) is 38.0. The first-order chi connectivity index (χ1) is 31.0. The number of hydrogen-bond donors (Lipinski definition) is 0. The second kappa shape index (κ2) is 52.5. The van der Waals surface area contributed by atoms with E-state index in [-0.39, 0.29) is 31.1 Å². The average Bonchev–Trinajstić information content (AvgIpc) is 3.28. The lowest BCUT2D eigenvalue weighted by Crippen LogP contribution is -2.30. The van der Waals surface area contributed by atoms with Gasteiger partial charge in [0.2, 0.25) is 0 Å². The lowest BCUT2D eigenvalue weighted by Gasteiger charge is -2.18. The van der Waals surface area contributed by atoms with E-state index in [4.69, 9.17) is 14.2 Å². The van der Waals surface area contributed by atoms with Crippen molar-refractivity contribution >= 4 is 17.9 Å². The van der Waals surface area contributed by atoms with E-state index >= 15 is 0 Å². The van der Waals surface area contributed by atoms with Crippen LogP contribution in [0.15, 0.2) is 24.3 Å². The summed E-state index contributed by atoms with van der Waals surface area (Å²) in [6, 6.07) is 0. The van der Waals surface area contributed by atoms with Crippen LogP contribution in [-0.4, -0.2) is 37.2 Å². The number of hydrogen-bond acceptors (Lipinski definition) is 6. The van der Waals surface area contributed by atoms with Crippen molar-refractivity contribution in [2.75, 3.05) is 13.2 Å². The van der Waals surface area contributed by atoms with E-state index in [1.807, 2.05) is 0 Å². The molecule has 370 valence electrons. The summed E-state index contributed by atoms with van der Waals surface area (Å²) in [7, 11) is 0. The van der Waals surface area contributed by atoms with Crippen molar-refractivity contribution < 1.29 is 28.6 Å². The van der Waals surface area contributed by atoms with Crippen LogP contribution in [0.2, 0.25) is 0 Å². The summed E-state index contributed by atoms with van der Waals surface area (Å²) >= 11 is 0. The third-order valence-corrected chi connectivity index (χ3v) is 12.4. The van der Waals surface area contributed by atoms with Gasteiger partial charge in [-0.25, -0.2) is 0 Å². The highest BCUT2D eigenvalue weighted by atomic mass is 16.6. The second-order valence-corrected chi connectivity index (χ2v) is 18.8. The van der Waals surface area contributed by atoms with E-state index in [1.165, 1.54) is 193 Å². The normalized spacial score (nSPS) is 12.1. The Bertz CT molecular complexity index is 1020. The molecular formula is C57H106O6. The molecule has 0 N–H and O–H groups in total. The van der Waals surface area contributed by atoms with Crippen molar-refractivity contribution in [3.63, 3.8) is 0 Å². The number of carbonyl (C=O) groups excluding carboxylic acids is 3. The summed E-state index contributed by atoms with van der Waals surface area (Å²) in [6.45, 7) is 6.64. The molecule has 0 saturated carbocycles. The molecule has 0 heterocycles. The third-order valence-electron chi connectivity index (χ3n) is 12.4. The molecule has 0 aliphatic carbocycles. The fourth-order valence-corrected chi connectivity index (χ4v) is 8.20. The largest absolute Gasteiger partial charge is 0.462 e. The summed E-state index contributed by atoms with van der Waals surface area (Å²) < 4.78 is 16.8. The van der Waals surface area contributed by atoms with Crippen LogP contribution in [0.1, 0.15) is 303 Å². The van der Waals surface area contributed by atoms with Crippen molar-refractivity contribution in [1.82, 2.24) is 0 Å². The SMILES string of the molecule is CCCCCC/C=C\CCCCCCCC(=O)OC[C@H](COC(=O)CCCCCCCCCCCCCCCCCCCC)OC(=O)CCCCCCC/C=C\CCCCCCC. The summed E-state index contributed by atoms with van der Waals surface area (Å²) in [5, 5.41) is 0.